The molecule has 144 valence electrons. The van der Waals surface area contributed by atoms with Gasteiger partial charge in [-0.2, -0.15) is 5.10 Å². The molecule has 0 aliphatic heterocycles. The number of amides is 2. The van der Waals surface area contributed by atoms with Crippen LogP contribution in [0.2, 0.25) is 0 Å². The van der Waals surface area contributed by atoms with Gasteiger partial charge < -0.3 is 4.74 Å². The highest BCUT2D eigenvalue weighted by molar-refractivity contribution is 9.10. The van der Waals surface area contributed by atoms with Crippen molar-refractivity contribution in [1.29, 1.82) is 0 Å². The number of para-hydroxylation sites is 1. The van der Waals surface area contributed by atoms with E-state index >= 15 is 0 Å². The van der Waals surface area contributed by atoms with Crippen LogP contribution >= 0.6 is 15.9 Å². The summed E-state index contributed by atoms with van der Waals surface area (Å²) < 4.78 is 7.75. The van der Waals surface area contributed by atoms with Gasteiger partial charge in [-0.3, -0.25) is 29.9 Å². The van der Waals surface area contributed by atoms with Gasteiger partial charge >= 0.3 is 0 Å². The lowest BCUT2D eigenvalue weighted by atomic mass is 10.2. The van der Waals surface area contributed by atoms with Crippen molar-refractivity contribution in [3.05, 3.63) is 69.4 Å². The lowest BCUT2D eigenvalue weighted by molar-refractivity contribution is -0.133. The van der Waals surface area contributed by atoms with Crippen molar-refractivity contribution < 1.29 is 14.3 Å². The minimum atomic E-state index is -0.819. The number of nitrogens with one attached hydrogen (secondary N) is 2. The molecule has 28 heavy (non-hydrogen) atoms. The number of fused-ring (bicyclic) bond motifs is 1. The maximum absolute atomic E-state index is 12.2. The number of halogens is 1. The van der Waals surface area contributed by atoms with Gasteiger partial charge in [0.1, 0.15) is 12.3 Å². The summed E-state index contributed by atoms with van der Waals surface area (Å²) in [6.45, 7) is 1.40. The summed E-state index contributed by atoms with van der Waals surface area (Å²) in [7, 11) is 0. The van der Waals surface area contributed by atoms with Crippen LogP contribution in [0.5, 0.6) is 5.75 Å². The van der Waals surface area contributed by atoms with E-state index in [2.05, 4.69) is 31.9 Å². The van der Waals surface area contributed by atoms with Gasteiger partial charge in [0.25, 0.3) is 11.8 Å². The molecule has 0 saturated heterocycles. The van der Waals surface area contributed by atoms with Crippen LogP contribution < -0.4 is 21.0 Å². The lowest BCUT2D eigenvalue weighted by Crippen LogP contribution is -2.48. The Hall–Kier alpha value is -3.20. The summed E-state index contributed by atoms with van der Waals surface area (Å²) in [5.41, 5.74) is 4.95. The predicted molar refractivity (Wildman–Crippen MR) is 107 cm³/mol. The number of nitrogens with zero attached hydrogens (tertiary/aromatic N) is 2. The summed E-state index contributed by atoms with van der Waals surface area (Å²) >= 11 is 3.33. The summed E-state index contributed by atoms with van der Waals surface area (Å²) in [5, 5.41) is 4.44. The minimum absolute atomic E-state index is 0.165. The zero-order chi connectivity index (χ0) is 20.1. The molecule has 1 atom stereocenters. The predicted octanol–water partition coefficient (Wildman–Crippen LogP) is 1.77. The van der Waals surface area contributed by atoms with Crippen molar-refractivity contribution >= 4 is 38.6 Å². The number of carbonyl (C=O) groups excluding carboxylic acids is 2. The fourth-order valence-electron chi connectivity index (χ4n) is 2.49. The first-order valence-corrected chi connectivity index (χ1v) is 9.19. The topological polar surface area (TPSA) is 102 Å². The average molecular weight is 445 g/mol. The van der Waals surface area contributed by atoms with Gasteiger partial charge in [0, 0.05) is 9.86 Å². The number of hydrazine groups is 1. The van der Waals surface area contributed by atoms with E-state index < -0.39 is 17.9 Å². The van der Waals surface area contributed by atoms with Crippen molar-refractivity contribution in [2.24, 2.45) is 0 Å². The molecule has 0 aliphatic rings. The van der Waals surface area contributed by atoms with Crippen LogP contribution in [0.1, 0.15) is 6.92 Å². The zero-order valence-corrected chi connectivity index (χ0v) is 16.5. The first-order chi connectivity index (χ1) is 13.4. The van der Waals surface area contributed by atoms with Crippen molar-refractivity contribution in [1.82, 2.24) is 20.6 Å². The minimum Gasteiger partial charge on any atom is -0.481 e. The first-order valence-electron chi connectivity index (χ1n) is 8.40. The van der Waals surface area contributed by atoms with Crippen LogP contribution in [0.15, 0.2) is 64.0 Å². The molecule has 0 fully saturated rings. The Kier molecular flexibility index (Phi) is 6.05. The molecule has 0 spiro atoms. The molecule has 2 N–H and O–H groups in total. The molecule has 2 amide bonds. The van der Waals surface area contributed by atoms with Crippen molar-refractivity contribution in [2.75, 3.05) is 0 Å². The molecule has 3 rings (SSSR count). The Morgan fingerprint density at radius 1 is 1.18 bits per heavy atom. The lowest BCUT2D eigenvalue weighted by Gasteiger charge is -2.15. The Morgan fingerprint density at radius 3 is 2.75 bits per heavy atom. The third-order valence-corrected chi connectivity index (χ3v) is 4.35. The summed E-state index contributed by atoms with van der Waals surface area (Å²) in [6.07, 6.45) is 0.336. The largest absolute Gasteiger partial charge is 0.481 e. The Labute approximate surface area is 168 Å². The molecule has 2 aromatic carbocycles. The Morgan fingerprint density at radius 2 is 1.96 bits per heavy atom. The van der Waals surface area contributed by atoms with E-state index in [9.17, 15) is 14.4 Å². The molecule has 9 heteroatoms. The third kappa shape index (κ3) is 4.74. The van der Waals surface area contributed by atoms with Crippen molar-refractivity contribution in [2.45, 2.75) is 19.6 Å². The molecule has 0 radical (unpaired) electrons. The van der Waals surface area contributed by atoms with Gasteiger partial charge in [-0.05, 0) is 37.3 Å². The number of rotatable bonds is 5. The number of carbonyl (C=O) groups is 2. The van der Waals surface area contributed by atoms with Crippen LogP contribution in [0.25, 0.3) is 10.9 Å². The summed E-state index contributed by atoms with van der Waals surface area (Å²) in [6, 6.07) is 13.9. The molecule has 0 saturated carbocycles. The Balaban J connectivity index is 1.58. The monoisotopic (exact) mass is 444 g/mol. The van der Waals surface area contributed by atoms with Crippen LogP contribution in [0, 0.1) is 0 Å². The second-order valence-electron chi connectivity index (χ2n) is 5.94. The summed E-state index contributed by atoms with van der Waals surface area (Å²) in [5.74, 6) is -0.484. The van der Waals surface area contributed by atoms with Gasteiger partial charge in [0.15, 0.2) is 6.10 Å². The van der Waals surface area contributed by atoms with Gasteiger partial charge in [-0.15, -0.1) is 0 Å². The van der Waals surface area contributed by atoms with Crippen LogP contribution in [0.4, 0.5) is 0 Å². The fourth-order valence-corrected chi connectivity index (χ4v) is 2.87. The van der Waals surface area contributed by atoms with E-state index in [1.807, 2.05) is 6.07 Å². The third-order valence-electron chi connectivity index (χ3n) is 3.86. The highest BCUT2D eigenvalue weighted by Gasteiger charge is 2.16. The van der Waals surface area contributed by atoms with Crippen molar-refractivity contribution in [3.8, 4) is 5.75 Å². The maximum atomic E-state index is 12.2. The van der Waals surface area contributed by atoms with Gasteiger partial charge in [0.2, 0.25) is 5.43 Å². The van der Waals surface area contributed by atoms with E-state index in [0.717, 1.165) is 10.7 Å². The fraction of sp³-hybridized carbons (Fsp3) is 0.158. The highest BCUT2D eigenvalue weighted by atomic mass is 79.9. The smallest absolute Gasteiger partial charge is 0.279 e. The molecule has 0 aliphatic carbocycles. The number of aromatic nitrogens is 2. The first kappa shape index (κ1) is 19.6. The molecule has 1 unspecified atom stereocenters. The number of ether oxygens (including phenoxy) is 1. The van der Waals surface area contributed by atoms with Gasteiger partial charge in [0.05, 0.1) is 11.7 Å². The van der Waals surface area contributed by atoms with E-state index in [0.29, 0.717) is 16.7 Å². The average Bonchev–Trinajstić information content (AvgIpc) is 2.68. The Bertz CT molecular complexity index is 1080. The van der Waals surface area contributed by atoms with E-state index in [1.54, 1.807) is 49.4 Å². The zero-order valence-electron chi connectivity index (χ0n) is 14.9. The molecule has 0 bridgehead atoms. The number of benzene rings is 2. The van der Waals surface area contributed by atoms with E-state index in [4.69, 9.17) is 4.74 Å². The highest BCUT2D eigenvalue weighted by Crippen LogP contribution is 2.18. The normalized spacial score (nSPS) is 11.6. The molecule has 1 heterocycles. The van der Waals surface area contributed by atoms with Crippen molar-refractivity contribution in [3.63, 3.8) is 0 Å². The molecular weight excluding hydrogens is 428 g/mol. The number of hydrogen-bond acceptors (Lipinski definition) is 5. The second kappa shape index (κ2) is 8.66. The van der Waals surface area contributed by atoms with Crippen LogP contribution in [-0.4, -0.2) is 27.7 Å². The van der Waals surface area contributed by atoms with Crippen LogP contribution in [-0.2, 0) is 16.1 Å². The SMILES string of the molecule is CC(Oc1cccc(Br)c1)C(=O)NNC(=O)Cn1ncc(=O)c2ccccc21. The van der Waals surface area contributed by atoms with Gasteiger partial charge in [-0.25, -0.2) is 0 Å². The molecule has 1 aromatic heterocycles. The second-order valence-corrected chi connectivity index (χ2v) is 6.85. The summed E-state index contributed by atoms with van der Waals surface area (Å²) in [4.78, 5) is 36.1. The van der Waals surface area contributed by atoms with Crippen LogP contribution in [0.3, 0.4) is 0 Å². The molecular formula is C19H17BrN4O4. The standard InChI is InChI=1S/C19H17BrN4O4/c1-12(28-14-6-4-5-13(20)9-14)19(27)23-22-18(26)11-24-16-8-3-2-7-15(16)17(25)10-21-24/h2-10,12H,11H2,1H3,(H,22,26)(H,23,27). The molecule has 3 aromatic rings. The van der Waals surface area contributed by atoms with E-state index in [-0.39, 0.29) is 12.0 Å². The van der Waals surface area contributed by atoms with E-state index in [1.165, 1.54) is 4.68 Å². The number of hydrogen-bond donors (Lipinski definition) is 2. The van der Waals surface area contributed by atoms with Gasteiger partial charge in [-0.1, -0.05) is 34.1 Å². The molecule has 8 nitrogen and oxygen atoms in total. The quantitative estimate of drug-likeness (QED) is 0.583. The maximum Gasteiger partial charge on any atom is 0.279 e.